The highest BCUT2D eigenvalue weighted by Gasteiger charge is 2.31. The summed E-state index contributed by atoms with van der Waals surface area (Å²) in [5.74, 6) is 0.422. The molecule has 0 fully saturated rings. The van der Waals surface area contributed by atoms with Crippen molar-refractivity contribution < 1.29 is 9.53 Å². The SMILES string of the molecule is CCc1cc(Br)c2c(c1)[C@H](CC(C)(C)OC(N)=O)CCC2. The van der Waals surface area contributed by atoms with E-state index in [-0.39, 0.29) is 0 Å². The fraction of sp³-hybridized carbons (Fsp3) is 0.588. The summed E-state index contributed by atoms with van der Waals surface area (Å²) in [5.41, 5.74) is 8.83. The van der Waals surface area contributed by atoms with E-state index in [0.29, 0.717) is 5.92 Å². The lowest BCUT2D eigenvalue weighted by atomic mass is 9.77. The summed E-state index contributed by atoms with van der Waals surface area (Å²) in [4.78, 5) is 11.0. The first-order chi connectivity index (χ1) is 9.82. The standard InChI is InChI=1S/C17H24BrNO2/c1-4-11-8-14-12(10-17(2,3)21-16(19)20)6-5-7-13(14)15(18)9-11/h8-9,12H,4-7,10H2,1-3H3,(H2,19,20)/t12-/m0/s1. The molecule has 0 spiro atoms. The van der Waals surface area contributed by atoms with Crippen LogP contribution in [0.15, 0.2) is 16.6 Å². The number of carbonyl (C=O) groups excluding carboxylic acids is 1. The van der Waals surface area contributed by atoms with Gasteiger partial charge in [-0.05, 0) is 74.6 Å². The van der Waals surface area contributed by atoms with Crippen LogP contribution in [-0.2, 0) is 17.6 Å². The zero-order valence-corrected chi connectivity index (χ0v) is 14.6. The Kier molecular flexibility index (Phi) is 4.97. The van der Waals surface area contributed by atoms with Crippen molar-refractivity contribution in [2.75, 3.05) is 0 Å². The van der Waals surface area contributed by atoms with Gasteiger partial charge in [0.2, 0.25) is 0 Å². The average Bonchev–Trinajstić information content (AvgIpc) is 2.37. The smallest absolute Gasteiger partial charge is 0.405 e. The molecule has 1 aliphatic carbocycles. The quantitative estimate of drug-likeness (QED) is 0.852. The van der Waals surface area contributed by atoms with Gasteiger partial charge in [0.25, 0.3) is 0 Å². The Hall–Kier alpha value is -1.03. The third kappa shape index (κ3) is 4.00. The predicted molar refractivity (Wildman–Crippen MR) is 88.6 cm³/mol. The van der Waals surface area contributed by atoms with Crippen LogP contribution in [0.25, 0.3) is 0 Å². The van der Waals surface area contributed by atoms with E-state index in [1.54, 1.807) is 0 Å². The molecule has 1 aromatic carbocycles. The number of rotatable bonds is 4. The van der Waals surface area contributed by atoms with E-state index in [0.717, 1.165) is 25.7 Å². The molecular formula is C17H24BrNO2. The highest BCUT2D eigenvalue weighted by Crippen LogP contribution is 2.41. The number of benzene rings is 1. The van der Waals surface area contributed by atoms with Crippen LogP contribution in [0.3, 0.4) is 0 Å². The monoisotopic (exact) mass is 353 g/mol. The second-order valence-electron chi connectivity index (χ2n) is 6.47. The molecule has 0 aromatic heterocycles. The molecule has 0 aliphatic heterocycles. The van der Waals surface area contributed by atoms with Crippen LogP contribution in [0.5, 0.6) is 0 Å². The largest absolute Gasteiger partial charge is 0.444 e. The van der Waals surface area contributed by atoms with Crippen molar-refractivity contribution in [2.24, 2.45) is 5.73 Å². The van der Waals surface area contributed by atoms with Crippen molar-refractivity contribution in [3.05, 3.63) is 33.3 Å². The van der Waals surface area contributed by atoms with E-state index in [4.69, 9.17) is 10.5 Å². The van der Waals surface area contributed by atoms with Gasteiger partial charge >= 0.3 is 6.09 Å². The summed E-state index contributed by atoms with van der Waals surface area (Å²) in [7, 11) is 0. The maximum absolute atomic E-state index is 11.0. The molecular weight excluding hydrogens is 330 g/mol. The fourth-order valence-corrected chi connectivity index (χ4v) is 4.07. The Balaban J connectivity index is 2.29. The highest BCUT2D eigenvalue weighted by atomic mass is 79.9. The van der Waals surface area contributed by atoms with E-state index in [2.05, 4.69) is 35.0 Å². The molecule has 0 heterocycles. The lowest BCUT2D eigenvalue weighted by Gasteiger charge is -2.33. The van der Waals surface area contributed by atoms with Gasteiger partial charge < -0.3 is 10.5 Å². The Labute approximate surface area is 135 Å². The van der Waals surface area contributed by atoms with Crippen LogP contribution >= 0.6 is 15.9 Å². The second kappa shape index (κ2) is 6.39. The van der Waals surface area contributed by atoms with Crippen LogP contribution in [-0.4, -0.2) is 11.7 Å². The molecule has 116 valence electrons. The lowest BCUT2D eigenvalue weighted by Crippen LogP contribution is -2.33. The van der Waals surface area contributed by atoms with E-state index in [9.17, 15) is 4.79 Å². The van der Waals surface area contributed by atoms with Gasteiger partial charge in [0, 0.05) is 4.47 Å². The maximum Gasteiger partial charge on any atom is 0.405 e. The molecule has 21 heavy (non-hydrogen) atoms. The summed E-state index contributed by atoms with van der Waals surface area (Å²) in [6.07, 6.45) is 4.57. The predicted octanol–water partition coefficient (Wildman–Crippen LogP) is 4.70. The van der Waals surface area contributed by atoms with Gasteiger partial charge in [-0.1, -0.05) is 28.9 Å². The first-order valence-electron chi connectivity index (χ1n) is 7.62. The molecule has 0 bridgehead atoms. The third-order valence-corrected chi connectivity index (χ3v) is 4.94. The van der Waals surface area contributed by atoms with Gasteiger partial charge in [-0.15, -0.1) is 0 Å². The number of amides is 1. The number of hydrogen-bond acceptors (Lipinski definition) is 2. The first-order valence-corrected chi connectivity index (χ1v) is 8.41. The number of aryl methyl sites for hydroxylation is 1. The minimum atomic E-state index is -0.695. The number of ether oxygens (including phenoxy) is 1. The first kappa shape index (κ1) is 16.3. The number of hydrogen-bond donors (Lipinski definition) is 1. The van der Waals surface area contributed by atoms with Crippen LogP contribution in [0.2, 0.25) is 0 Å². The Morgan fingerprint density at radius 1 is 1.48 bits per heavy atom. The van der Waals surface area contributed by atoms with E-state index in [1.807, 2.05) is 13.8 Å². The van der Waals surface area contributed by atoms with Crippen molar-refractivity contribution in [3.8, 4) is 0 Å². The maximum atomic E-state index is 11.0. The van der Waals surface area contributed by atoms with Gasteiger partial charge in [-0.3, -0.25) is 0 Å². The van der Waals surface area contributed by atoms with Crippen LogP contribution in [0.1, 0.15) is 62.6 Å². The molecule has 0 unspecified atom stereocenters. The normalized spacial score (nSPS) is 18.2. The fourth-order valence-electron chi connectivity index (χ4n) is 3.35. The number of fused-ring (bicyclic) bond motifs is 1. The molecule has 2 N–H and O–H groups in total. The zero-order valence-electron chi connectivity index (χ0n) is 13.0. The van der Waals surface area contributed by atoms with Gasteiger partial charge in [-0.25, -0.2) is 4.79 Å². The van der Waals surface area contributed by atoms with Crippen molar-refractivity contribution in [1.82, 2.24) is 0 Å². The molecule has 2 rings (SSSR count). The molecule has 1 aliphatic rings. The second-order valence-corrected chi connectivity index (χ2v) is 7.33. The number of nitrogens with two attached hydrogens (primary N) is 1. The molecule has 1 amide bonds. The van der Waals surface area contributed by atoms with Crippen LogP contribution in [0.4, 0.5) is 4.79 Å². The topological polar surface area (TPSA) is 52.3 Å². The number of carbonyl (C=O) groups is 1. The zero-order chi connectivity index (χ0) is 15.6. The Morgan fingerprint density at radius 2 is 2.19 bits per heavy atom. The minimum Gasteiger partial charge on any atom is -0.444 e. The molecule has 1 atom stereocenters. The molecule has 0 saturated carbocycles. The van der Waals surface area contributed by atoms with Crippen molar-refractivity contribution in [2.45, 2.75) is 64.4 Å². The molecule has 4 heteroatoms. The van der Waals surface area contributed by atoms with Crippen LogP contribution < -0.4 is 5.73 Å². The third-order valence-electron chi connectivity index (χ3n) is 4.23. The molecule has 0 radical (unpaired) electrons. The summed E-state index contributed by atoms with van der Waals surface area (Å²) in [6.45, 7) is 6.04. The summed E-state index contributed by atoms with van der Waals surface area (Å²) in [5, 5.41) is 0. The van der Waals surface area contributed by atoms with Gasteiger partial charge in [0.05, 0.1) is 0 Å². The van der Waals surface area contributed by atoms with E-state index >= 15 is 0 Å². The highest BCUT2D eigenvalue weighted by molar-refractivity contribution is 9.10. The van der Waals surface area contributed by atoms with Crippen molar-refractivity contribution >= 4 is 22.0 Å². The summed E-state index contributed by atoms with van der Waals surface area (Å²) < 4.78 is 6.49. The molecule has 3 nitrogen and oxygen atoms in total. The lowest BCUT2D eigenvalue weighted by molar-refractivity contribution is 0.0324. The molecule has 1 aromatic rings. The van der Waals surface area contributed by atoms with Gasteiger partial charge in [0.15, 0.2) is 0 Å². The number of halogens is 1. The number of primary amides is 1. The van der Waals surface area contributed by atoms with E-state index < -0.39 is 11.7 Å². The van der Waals surface area contributed by atoms with Crippen molar-refractivity contribution in [1.29, 1.82) is 0 Å². The Morgan fingerprint density at radius 3 is 2.81 bits per heavy atom. The van der Waals surface area contributed by atoms with E-state index in [1.165, 1.54) is 27.6 Å². The van der Waals surface area contributed by atoms with Crippen LogP contribution in [0, 0.1) is 0 Å². The van der Waals surface area contributed by atoms with Gasteiger partial charge in [0.1, 0.15) is 5.60 Å². The Bertz CT molecular complexity index is 540. The minimum absolute atomic E-state index is 0.422. The summed E-state index contributed by atoms with van der Waals surface area (Å²) >= 11 is 3.72. The summed E-state index contributed by atoms with van der Waals surface area (Å²) in [6, 6.07) is 4.55. The average molecular weight is 354 g/mol. The van der Waals surface area contributed by atoms with Crippen molar-refractivity contribution in [3.63, 3.8) is 0 Å². The van der Waals surface area contributed by atoms with Gasteiger partial charge in [-0.2, -0.15) is 0 Å². The molecule has 0 saturated heterocycles.